The second-order valence-electron chi connectivity index (χ2n) is 4.24. The summed E-state index contributed by atoms with van der Waals surface area (Å²) in [6.07, 6.45) is 0.816. The molecule has 0 spiro atoms. The van der Waals surface area contributed by atoms with Crippen molar-refractivity contribution in [3.8, 4) is 5.75 Å². The summed E-state index contributed by atoms with van der Waals surface area (Å²) in [6, 6.07) is 8.57. The molecule has 1 unspecified atom stereocenters. The average Bonchev–Trinajstić information content (AvgIpc) is 2.90. The van der Waals surface area contributed by atoms with Gasteiger partial charge in [0.15, 0.2) is 11.6 Å². The molecule has 0 aliphatic rings. The first-order chi connectivity index (χ1) is 9.21. The van der Waals surface area contributed by atoms with Crippen LogP contribution in [-0.4, -0.2) is 14.2 Å². The van der Waals surface area contributed by atoms with Gasteiger partial charge in [0.25, 0.3) is 0 Å². The van der Waals surface area contributed by atoms with Gasteiger partial charge in [-0.15, -0.1) is 0 Å². The predicted octanol–water partition coefficient (Wildman–Crippen LogP) is 3.30. The van der Waals surface area contributed by atoms with Crippen molar-refractivity contribution in [3.05, 3.63) is 53.2 Å². The van der Waals surface area contributed by atoms with Gasteiger partial charge in [0.05, 0.1) is 13.2 Å². The van der Waals surface area contributed by atoms with E-state index in [1.807, 2.05) is 19.1 Å². The van der Waals surface area contributed by atoms with Gasteiger partial charge in [0, 0.05) is 12.0 Å². The lowest BCUT2D eigenvalue weighted by molar-refractivity contribution is 0.377. The number of benzene rings is 1. The third-order valence-electron chi connectivity index (χ3n) is 3.13. The third-order valence-corrected chi connectivity index (χ3v) is 3.13. The molecule has 0 bridgehead atoms. The van der Waals surface area contributed by atoms with Crippen molar-refractivity contribution in [2.45, 2.75) is 19.4 Å². The van der Waals surface area contributed by atoms with Crippen molar-refractivity contribution in [2.24, 2.45) is 0 Å². The van der Waals surface area contributed by atoms with Crippen LogP contribution in [0, 0.1) is 5.82 Å². The van der Waals surface area contributed by atoms with Gasteiger partial charge in [0.1, 0.15) is 11.5 Å². The lowest BCUT2D eigenvalue weighted by Gasteiger charge is -2.16. The van der Waals surface area contributed by atoms with E-state index in [9.17, 15) is 4.39 Å². The molecule has 3 nitrogen and oxygen atoms in total. The first kappa shape index (κ1) is 13.6. The predicted molar refractivity (Wildman–Crippen MR) is 71.9 cm³/mol. The van der Waals surface area contributed by atoms with Crippen LogP contribution in [0.3, 0.4) is 0 Å². The van der Waals surface area contributed by atoms with E-state index < -0.39 is 0 Å². The van der Waals surface area contributed by atoms with Gasteiger partial charge >= 0.3 is 0 Å². The number of hydrogen-bond acceptors (Lipinski definition) is 3. The molecule has 0 aliphatic heterocycles. The summed E-state index contributed by atoms with van der Waals surface area (Å²) < 4.78 is 25.0. The Hall–Kier alpha value is -1.81. The maximum atomic E-state index is 14.3. The van der Waals surface area contributed by atoms with Crippen molar-refractivity contribution in [1.29, 1.82) is 0 Å². The van der Waals surface area contributed by atoms with Crippen LogP contribution in [0.25, 0.3) is 0 Å². The molecule has 2 rings (SSSR count). The van der Waals surface area contributed by atoms with Gasteiger partial charge in [-0.25, -0.2) is 4.39 Å². The van der Waals surface area contributed by atoms with E-state index >= 15 is 0 Å². The maximum Gasteiger partial charge on any atom is 0.170 e. The molecule has 0 fully saturated rings. The van der Waals surface area contributed by atoms with E-state index in [1.54, 1.807) is 25.2 Å². The van der Waals surface area contributed by atoms with Crippen molar-refractivity contribution < 1.29 is 13.5 Å². The van der Waals surface area contributed by atoms with Crippen LogP contribution in [0.1, 0.15) is 30.0 Å². The summed E-state index contributed by atoms with van der Waals surface area (Å²) in [5.41, 5.74) is 0.513. The summed E-state index contributed by atoms with van der Waals surface area (Å²) in [5.74, 6) is 1.46. The summed E-state index contributed by atoms with van der Waals surface area (Å²) in [7, 11) is 3.23. The van der Waals surface area contributed by atoms with E-state index in [-0.39, 0.29) is 17.6 Å². The summed E-state index contributed by atoms with van der Waals surface area (Å²) in [6.45, 7) is 2.02. The Kier molecular flexibility index (Phi) is 4.22. The molecule has 1 atom stereocenters. The highest BCUT2D eigenvalue weighted by molar-refractivity contribution is 5.36. The zero-order valence-corrected chi connectivity index (χ0v) is 11.4. The topological polar surface area (TPSA) is 34.4 Å². The number of nitrogens with one attached hydrogen (secondary N) is 1. The molecule has 2 aromatic rings. The molecule has 102 valence electrons. The highest BCUT2D eigenvalue weighted by Gasteiger charge is 2.21. The van der Waals surface area contributed by atoms with E-state index in [2.05, 4.69) is 5.32 Å². The van der Waals surface area contributed by atoms with Crippen LogP contribution >= 0.6 is 0 Å². The Balaban J connectivity index is 2.42. The first-order valence-electron chi connectivity index (χ1n) is 6.29. The Morgan fingerprint density at radius 3 is 2.68 bits per heavy atom. The lowest BCUT2D eigenvalue weighted by atomic mass is 10.0. The highest BCUT2D eigenvalue weighted by Crippen LogP contribution is 2.30. The molecule has 1 heterocycles. The minimum Gasteiger partial charge on any atom is -0.494 e. The van der Waals surface area contributed by atoms with Crippen molar-refractivity contribution in [1.82, 2.24) is 5.32 Å². The highest BCUT2D eigenvalue weighted by atomic mass is 19.1. The smallest absolute Gasteiger partial charge is 0.170 e. The molecular weight excluding hydrogens is 245 g/mol. The van der Waals surface area contributed by atoms with E-state index in [0.717, 1.165) is 12.2 Å². The van der Waals surface area contributed by atoms with Gasteiger partial charge in [-0.1, -0.05) is 19.1 Å². The molecule has 1 N–H and O–H groups in total. The van der Waals surface area contributed by atoms with Gasteiger partial charge < -0.3 is 14.5 Å². The number of furan rings is 1. The van der Waals surface area contributed by atoms with Gasteiger partial charge in [0.2, 0.25) is 0 Å². The standard InChI is InChI=1S/C15H18FNO2/c1-4-10-8-9-13(19-10)15(17-2)11-6-5-7-12(18-3)14(11)16/h5-9,15,17H,4H2,1-3H3. The minimum atomic E-state index is -0.362. The summed E-state index contributed by atoms with van der Waals surface area (Å²) in [5, 5.41) is 3.07. The molecule has 1 aromatic heterocycles. The van der Waals surface area contributed by atoms with Gasteiger partial charge in [-0.3, -0.25) is 0 Å². The third kappa shape index (κ3) is 2.63. The monoisotopic (exact) mass is 263 g/mol. The fourth-order valence-corrected chi connectivity index (χ4v) is 2.10. The largest absolute Gasteiger partial charge is 0.494 e. The Bertz CT molecular complexity index is 551. The summed E-state index contributed by atoms with van der Waals surface area (Å²) >= 11 is 0. The van der Waals surface area contributed by atoms with Crippen LogP contribution in [0.4, 0.5) is 4.39 Å². The van der Waals surface area contributed by atoms with Crippen LogP contribution in [0.5, 0.6) is 5.75 Å². The maximum absolute atomic E-state index is 14.3. The zero-order valence-electron chi connectivity index (χ0n) is 11.4. The summed E-state index contributed by atoms with van der Waals surface area (Å²) in [4.78, 5) is 0. The van der Waals surface area contributed by atoms with Crippen molar-refractivity contribution in [2.75, 3.05) is 14.2 Å². The molecule has 0 saturated heterocycles. The van der Waals surface area contributed by atoms with E-state index in [0.29, 0.717) is 11.3 Å². The molecule has 1 aromatic carbocycles. The van der Waals surface area contributed by atoms with Gasteiger partial charge in [-0.05, 0) is 25.2 Å². The number of hydrogen-bond donors (Lipinski definition) is 1. The molecule has 0 aliphatic carbocycles. The number of rotatable bonds is 5. The van der Waals surface area contributed by atoms with Crippen molar-refractivity contribution in [3.63, 3.8) is 0 Å². The normalized spacial score (nSPS) is 12.4. The Morgan fingerprint density at radius 2 is 2.11 bits per heavy atom. The van der Waals surface area contributed by atoms with Crippen LogP contribution in [-0.2, 0) is 6.42 Å². The Morgan fingerprint density at radius 1 is 1.32 bits per heavy atom. The number of aryl methyl sites for hydroxylation is 1. The second-order valence-corrected chi connectivity index (χ2v) is 4.24. The SMILES string of the molecule is CCc1ccc(C(NC)c2cccc(OC)c2F)o1. The average molecular weight is 263 g/mol. The molecular formula is C15H18FNO2. The fraction of sp³-hybridized carbons (Fsp3) is 0.333. The zero-order chi connectivity index (χ0) is 13.8. The van der Waals surface area contributed by atoms with Crippen molar-refractivity contribution >= 4 is 0 Å². The van der Waals surface area contributed by atoms with E-state index in [4.69, 9.17) is 9.15 Å². The Labute approximate surface area is 112 Å². The minimum absolute atomic E-state index is 0.236. The quantitative estimate of drug-likeness (QED) is 0.898. The second kappa shape index (κ2) is 5.89. The molecule has 0 saturated carbocycles. The number of ether oxygens (including phenoxy) is 1. The first-order valence-corrected chi connectivity index (χ1v) is 6.29. The molecule has 19 heavy (non-hydrogen) atoms. The lowest BCUT2D eigenvalue weighted by Crippen LogP contribution is -2.18. The molecule has 0 amide bonds. The van der Waals surface area contributed by atoms with Crippen LogP contribution in [0.2, 0.25) is 0 Å². The van der Waals surface area contributed by atoms with E-state index in [1.165, 1.54) is 7.11 Å². The number of halogens is 1. The van der Waals surface area contributed by atoms with Crippen LogP contribution in [0.15, 0.2) is 34.7 Å². The molecule has 4 heteroatoms. The van der Waals surface area contributed by atoms with Gasteiger partial charge in [-0.2, -0.15) is 0 Å². The fourth-order valence-electron chi connectivity index (χ4n) is 2.10. The number of methoxy groups -OCH3 is 1. The van der Waals surface area contributed by atoms with Crippen LogP contribution < -0.4 is 10.1 Å². The molecule has 0 radical (unpaired) electrons.